The number of benzene rings is 2. The molecule has 0 radical (unpaired) electrons. The zero-order valence-electron chi connectivity index (χ0n) is 16.5. The van der Waals surface area contributed by atoms with Crippen molar-refractivity contribution in [3.05, 3.63) is 65.7 Å². The molecule has 27 heavy (non-hydrogen) atoms. The molecular formula is C22H27N3OSe. The van der Waals surface area contributed by atoms with Crippen molar-refractivity contribution in [3.63, 3.8) is 0 Å². The van der Waals surface area contributed by atoms with Gasteiger partial charge in [-0.05, 0) is 0 Å². The third kappa shape index (κ3) is 4.01. The van der Waals surface area contributed by atoms with Crippen molar-refractivity contribution in [2.75, 3.05) is 18.1 Å². The van der Waals surface area contributed by atoms with Gasteiger partial charge in [0, 0.05) is 0 Å². The van der Waals surface area contributed by atoms with Crippen LogP contribution in [0, 0.1) is 6.92 Å². The van der Waals surface area contributed by atoms with E-state index in [1.807, 2.05) is 18.2 Å². The molecule has 5 heteroatoms. The van der Waals surface area contributed by atoms with Crippen LogP contribution in [0.3, 0.4) is 0 Å². The molecule has 1 heterocycles. The van der Waals surface area contributed by atoms with Crippen molar-refractivity contribution < 1.29 is 4.79 Å². The number of hydrogen-bond donors (Lipinski definition) is 0. The molecule has 2 aromatic carbocycles. The fourth-order valence-electron chi connectivity index (χ4n) is 3.47. The molecule has 0 spiro atoms. The molecular weight excluding hydrogens is 401 g/mol. The van der Waals surface area contributed by atoms with Gasteiger partial charge in [0.1, 0.15) is 0 Å². The molecule has 0 amide bonds. The molecule has 0 fully saturated rings. The van der Waals surface area contributed by atoms with Gasteiger partial charge >= 0.3 is 168 Å². The van der Waals surface area contributed by atoms with Crippen LogP contribution in [0.15, 0.2) is 59.7 Å². The molecule has 0 bridgehead atoms. The van der Waals surface area contributed by atoms with Crippen LogP contribution in [0.1, 0.15) is 31.9 Å². The molecule has 0 saturated carbocycles. The van der Waals surface area contributed by atoms with Gasteiger partial charge in [-0.25, -0.2) is 0 Å². The van der Waals surface area contributed by atoms with Crippen LogP contribution in [0.2, 0.25) is 0 Å². The van der Waals surface area contributed by atoms with Crippen molar-refractivity contribution in [1.29, 1.82) is 0 Å². The number of Topliss-reactive ketones (excluding diaryl/α,β-unsaturated/α-hetero) is 1. The quantitative estimate of drug-likeness (QED) is 0.632. The zero-order valence-corrected chi connectivity index (χ0v) is 18.2. The molecule has 1 atom stereocenters. The van der Waals surface area contributed by atoms with Crippen molar-refractivity contribution >= 4 is 31.0 Å². The van der Waals surface area contributed by atoms with Gasteiger partial charge in [-0.3, -0.25) is 0 Å². The predicted octanol–water partition coefficient (Wildman–Crippen LogP) is 3.66. The Morgan fingerprint density at radius 2 is 1.70 bits per heavy atom. The van der Waals surface area contributed by atoms with E-state index < -0.39 is 0 Å². The topological polar surface area (TPSA) is 35.9 Å². The standard InChI is InChI=1S/C22H27N3OSe/c1-5-24(6-2)22(16-19-14-12-17(3)13-15-19)25(20-10-8-7-9-11-20)23-21(27-22)18(4)26/h7-15H,5-6,16H2,1-4H3. The zero-order chi connectivity index (χ0) is 19.4. The van der Waals surface area contributed by atoms with Crippen LogP contribution in [0.25, 0.3) is 0 Å². The maximum atomic E-state index is 12.2. The first kappa shape index (κ1) is 19.8. The van der Waals surface area contributed by atoms with Gasteiger partial charge in [-0.15, -0.1) is 0 Å². The molecule has 1 aliphatic heterocycles. The fraction of sp³-hybridized carbons (Fsp3) is 0.364. The second-order valence-electron chi connectivity index (χ2n) is 6.79. The van der Waals surface area contributed by atoms with Gasteiger partial charge in [0.25, 0.3) is 0 Å². The molecule has 0 N–H and O–H groups in total. The number of carbonyl (C=O) groups is 1. The van der Waals surface area contributed by atoms with Crippen LogP contribution in [-0.2, 0) is 11.2 Å². The summed E-state index contributed by atoms with van der Waals surface area (Å²) in [4.78, 5) is 14.7. The number of para-hydroxylation sites is 1. The van der Waals surface area contributed by atoms with Gasteiger partial charge in [0.15, 0.2) is 0 Å². The van der Waals surface area contributed by atoms with Gasteiger partial charge < -0.3 is 0 Å². The van der Waals surface area contributed by atoms with E-state index in [0.29, 0.717) is 4.61 Å². The minimum absolute atomic E-state index is 0.0777. The van der Waals surface area contributed by atoms with Gasteiger partial charge in [-0.2, -0.15) is 0 Å². The molecule has 3 rings (SSSR count). The SMILES string of the molecule is CCN(CC)C1(Cc2ccc(C)cc2)[Se]C(C(C)=O)=NN1c1ccccc1. The van der Waals surface area contributed by atoms with E-state index in [1.165, 1.54) is 11.1 Å². The summed E-state index contributed by atoms with van der Waals surface area (Å²) in [6, 6.07) is 19.0. The molecule has 1 unspecified atom stereocenters. The van der Waals surface area contributed by atoms with Crippen LogP contribution in [0.5, 0.6) is 0 Å². The van der Waals surface area contributed by atoms with Crippen LogP contribution >= 0.6 is 0 Å². The van der Waals surface area contributed by atoms with Crippen molar-refractivity contribution in [1.82, 2.24) is 4.90 Å². The summed E-state index contributed by atoms with van der Waals surface area (Å²) in [6.07, 6.45) is 0.837. The predicted molar refractivity (Wildman–Crippen MR) is 113 cm³/mol. The molecule has 142 valence electrons. The third-order valence-corrected chi connectivity index (χ3v) is 7.97. The van der Waals surface area contributed by atoms with E-state index in [1.54, 1.807) is 6.92 Å². The van der Waals surface area contributed by atoms with E-state index in [-0.39, 0.29) is 25.3 Å². The van der Waals surface area contributed by atoms with Crippen LogP contribution in [0.4, 0.5) is 5.69 Å². The molecule has 1 aliphatic rings. The Labute approximate surface area is 168 Å². The molecule has 0 aliphatic carbocycles. The molecule has 0 saturated heterocycles. The normalized spacial score (nSPS) is 19.4. The Morgan fingerprint density at radius 1 is 1.07 bits per heavy atom. The Kier molecular flexibility index (Phi) is 6.15. The summed E-state index contributed by atoms with van der Waals surface area (Å²) < 4.78 is 0.402. The molecule has 0 aromatic heterocycles. The monoisotopic (exact) mass is 429 g/mol. The van der Waals surface area contributed by atoms with E-state index in [2.05, 4.69) is 67.1 Å². The van der Waals surface area contributed by atoms with E-state index in [0.717, 1.165) is 25.2 Å². The number of hydrazone groups is 1. The van der Waals surface area contributed by atoms with E-state index in [9.17, 15) is 4.79 Å². The number of hydrogen-bond acceptors (Lipinski definition) is 4. The van der Waals surface area contributed by atoms with E-state index >= 15 is 0 Å². The number of anilines is 1. The summed E-state index contributed by atoms with van der Waals surface area (Å²) in [5, 5.41) is 6.94. The number of likely N-dealkylation sites (N-methyl/N-ethyl adjacent to an activating group) is 1. The first-order chi connectivity index (χ1) is 13.0. The number of nitrogens with zero attached hydrogens (tertiary/aromatic N) is 3. The number of aryl methyl sites for hydroxylation is 1. The van der Waals surface area contributed by atoms with Gasteiger partial charge in [-0.1, -0.05) is 0 Å². The second kappa shape index (κ2) is 8.39. The molecule has 4 nitrogen and oxygen atoms in total. The Hall–Kier alpha value is -1.94. The third-order valence-electron chi connectivity index (χ3n) is 4.90. The first-order valence-corrected chi connectivity index (χ1v) is 11.2. The number of ketones is 1. The van der Waals surface area contributed by atoms with Crippen molar-refractivity contribution in [2.24, 2.45) is 5.10 Å². The number of carbonyl (C=O) groups excluding carboxylic acids is 1. The minimum atomic E-state index is -0.311. The van der Waals surface area contributed by atoms with Crippen LogP contribution < -0.4 is 5.01 Å². The second-order valence-corrected chi connectivity index (χ2v) is 9.40. The Balaban J connectivity index is 2.11. The van der Waals surface area contributed by atoms with Crippen molar-refractivity contribution in [2.45, 2.75) is 38.7 Å². The fourth-order valence-corrected chi connectivity index (χ4v) is 6.48. The average molecular weight is 428 g/mol. The van der Waals surface area contributed by atoms with Crippen molar-refractivity contribution in [3.8, 4) is 0 Å². The molecule has 2 aromatic rings. The summed E-state index contributed by atoms with van der Waals surface area (Å²) in [5.41, 5.74) is 3.57. The Morgan fingerprint density at radius 3 is 2.26 bits per heavy atom. The van der Waals surface area contributed by atoms with E-state index in [4.69, 9.17) is 5.10 Å². The first-order valence-electron chi connectivity index (χ1n) is 9.44. The summed E-state index contributed by atoms with van der Waals surface area (Å²) in [5.74, 6) is 0.0777. The summed E-state index contributed by atoms with van der Waals surface area (Å²) in [7, 11) is 0. The maximum absolute atomic E-state index is 12.2. The summed E-state index contributed by atoms with van der Waals surface area (Å²) in [6.45, 7) is 9.93. The van der Waals surface area contributed by atoms with Crippen LogP contribution in [-0.4, -0.2) is 47.9 Å². The number of rotatable bonds is 7. The average Bonchev–Trinajstić information content (AvgIpc) is 3.06. The summed E-state index contributed by atoms with van der Waals surface area (Å²) >= 11 is -0.0778. The Bertz CT molecular complexity index is 815. The van der Waals surface area contributed by atoms with Gasteiger partial charge in [0.2, 0.25) is 0 Å². The van der Waals surface area contributed by atoms with Gasteiger partial charge in [0.05, 0.1) is 0 Å².